The number of ether oxygens (including phenoxy) is 2. The van der Waals surface area contributed by atoms with E-state index < -0.39 is 0 Å². The molecule has 0 fully saturated rings. The number of furan rings is 1. The Kier molecular flexibility index (Phi) is 4.24. The van der Waals surface area contributed by atoms with Gasteiger partial charge in [-0.2, -0.15) is 0 Å². The van der Waals surface area contributed by atoms with Crippen molar-refractivity contribution in [1.29, 1.82) is 0 Å². The molecule has 0 radical (unpaired) electrons. The van der Waals surface area contributed by atoms with E-state index in [0.29, 0.717) is 0 Å². The summed E-state index contributed by atoms with van der Waals surface area (Å²) >= 11 is 0. The van der Waals surface area contributed by atoms with Gasteiger partial charge >= 0.3 is 0 Å². The van der Waals surface area contributed by atoms with Gasteiger partial charge in [0.15, 0.2) is 0 Å². The van der Waals surface area contributed by atoms with E-state index in [9.17, 15) is 0 Å². The van der Waals surface area contributed by atoms with Gasteiger partial charge in [-0.15, -0.1) is 0 Å². The number of benzene rings is 2. The molecule has 23 heavy (non-hydrogen) atoms. The molecule has 1 N–H and O–H groups in total. The Balaban J connectivity index is 1.87. The molecular formula is C19H19NO3. The van der Waals surface area contributed by atoms with Crippen LogP contribution in [0.4, 0.5) is 5.69 Å². The van der Waals surface area contributed by atoms with Gasteiger partial charge in [-0.3, -0.25) is 0 Å². The lowest BCUT2D eigenvalue weighted by Crippen LogP contribution is -1.93. The van der Waals surface area contributed by atoms with Gasteiger partial charge in [0.05, 0.1) is 19.9 Å². The van der Waals surface area contributed by atoms with Crippen LogP contribution in [-0.4, -0.2) is 21.3 Å². The van der Waals surface area contributed by atoms with Crippen molar-refractivity contribution >= 4 is 28.8 Å². The predicted molar refractivity (Wildman–Crippen MR) is 94.2 cm³/mol. The van der Waals surface area contributed by atoms with Gasteiger partial charge in [-0.1, -0.05) is 12.1 Å². The maximum Gasteiger partial charge on any atom is 0.142 e. The minimum Gasteiger partial charge on any atom is -0.497 e. The molecular weight excluding hydrogens is 290 g/mol. The van der Waals surface area contributed by atoms with Gasteiger partial charge in [0.1, 0.15) is 22.8 Å². The zero-order valence-electron chi connectivity index (χ0n) is 13.4. The average Bonchev–Trinajstić information content (AvgIpc) is 3.01. The van der Waals surface area contributed by atoms with Crippen molar-refractivity contribution in [2.75, 3.05) is 26.6 Å². The van der Waals surface area contributed by atoms with Crippen molar-refractivity contribution in [3.8, 4) is 11.5 Å². The minimum atomic E-state index is 0.796. The van der Waals surface area contributed by atoms with Crippen LogP contribution in [0.25, 0.3) is 23.1 Å². The van der Waals surface area contributed by atoms with E-state index in [-0.39, 0.29) is 0 Å². The number of methoxy groups -OCH3 is 2. The average molecular weight is 309 g/mol. The van der Waals surface area contributed by atoms with Crippen molar-refractivity contribution in [3.63, 3.8) is 0 Å². The molecule has 1 aromatic heterocycles. The van der Waals surface area contributed by atoms with Crippen LogP contribution in [0.3, 0.4) is 0 Å². The molecule has 4 nitrogen and oxygen atoms in total. The SMILES string of the molecule is CNc1ccc(/C=C/c2cc3cc(OC)ccc3o2)cc1OC. The van der Waals surface area contributed by atoms with Gasteiger partial charge in [-0.05, 0) is 48.0 Å². The second-order valence-corrected chi connectivity index (χ2v) is 5.10. The Morgan fingerprint density at radius 3 is 2.57 bits per heavy atom. The molecule has 2 aromatic carbocycles. The Labute approximate surface area is 135 Å². The first kappa shape index (κ1) is 15.0. The molecule has 0 bridgehead atoms. The molecule has 3 rings (SSSR count). The molecule has 0 saturated heterocycles. The molecule has 0 unspecified atom stereocenters. The normalized spacial score (nSPS) is 11.1. The summed E-state index contributed by atoms with van der Waals surface area (Å²) < 4.78 is 16.4. The molecule has 4 heteroatoms. The molecule has 0 atom stereocenters. The van der Waals surface area contributed by atoms with Crippen molar-refractivity contribution in [2.24, 2.45) is 0 Å². The third-order valence-corrected chi connectivity index (χ3v) is 3.68. The third-order valence-electron chi connectivity index (χ3n) is 3.68. The first-order chi connectivity index (χ1) is 11.2. The van der Waals surface area contributed by atoms with Crippen LogP contribution in [0, 0.1) is 0 Å². The summed E-state index contributed by atoms with van der Waals surface area (Å²) in [5.41, 5.74) is 2.84. The Morgan fingerprint density at radius 2 is 1.83 bits per heavy atom. The predicted octanol–water partition coefficient (Wildman–Crippen LogP) is 4.66. The van der Waals surface area contributed by atoms with E-state index >= 15 is 0 Å². The number of fused-ring (bicyclic) bond motifs is 1. The summed E-state index contributed by atoms with van der Waals surface area (Å²) in [6.45, 7) is 0. The van der Waals surface area contributed by atoms with Crippen LogP contribution in [0.5, 0.6) is 11.5 Å². The second-order valence-electron chi connectivity index (χ2n) is 5.10. The lowest BCUT2D eigenvalue weighted by atomic mass is 10.1. The van der Waals surface area contributed by atoms with E-state index in [1.165, 1.54) is 0 Å². The Bertz CT molecular complexity index is 849. The monoisotopic (exact) mass is 309 g/mol. The Morgan fingerprint density at radius 1 is 0.957 bits per heavy atom. The van der Waals surface area contributed by atoms with Gasteiger partial charge in [0.2, 0.25) is 0 Å². The highest BCUT2D eigenvalue weighted by molar-refractivity contribution is 5.83. The van der Waals surface area contributed by atoms with Gasteiger partial charge < -0.3 is 19.2 Å². The van der Waals surface area contributed by atoms with Gasteiger partial charge in [-0.25, -0.2) is 0 Å². The molecule has 118 valence electrons. The first-order valence-corrected chi connectivity index (χ1v) is 7.35. The summed E-state index contributed by atoms with van der Waals surface area (Å²) in [7, 11) is 5.19. The van der Waals surface area contributed by atoms with Gasteiger partial charge in [0.25, 0.3) is 0 Å². The largest absolute Gasteiger partial charge is 0.497 e. The molecule has 0 spiro atoms. The lowest BCUT2D eigenvalue weighted by molar-refractivity contribution is 0.415. The summed E-state index contributed by atoms with van der Waals surface area (Å²) in [5.74, 6) is 2.43. The molecule has 0 aliphatic heterocycles. The fourth-order valence-electron chi connectivity index (χ4n) is 2.45. The van der Waals surface area contributed by atoms with Crippen LogP contribution in [0.15, 0.2) is 46.9 Å². The topological polar surface area (TPSA) is 43.6 Å². The summed E-state index contributed by atoms with van der Waals surface area (Å²) in [6.07, 6.45) is 3.94. The fourth-order valence-corrected chi connectivity index (χ4v) is 2.45. The van der Waals surface area contributed by atoms with Crippen LogP contribution in [0.2, 0.25) is 0 Å². The smallest absolute Gasteiger partial charge is 0.142 e. The Hall–Kier alpha value is -2.88. The van der Waals surface area contributed by atoms with E-state index in [0.717, 1.165) is 39.5 Å². The highest BCUT2D eigenvalue weighted by atomic mass is 16.5. The van der Waals surface area contributed by atoms with Gasteiger partial charge in [0, 0.05) is 12.4 Å². The summed E-state index contributed by atoms with van der Waals surface area (Å²) in [6, 6.07) is 13.7. The van der Waals surface area contributed by atoms with E-state index in [1.54, 1.807) is 14.2 Å². The standard InChI is InChI=1S/C19H19NO3/c1-20-17-8-5-13(10-19(17)22-3)4-6-16-12-14-11-15(21-2)7-9-18(14)23-16/h4-12,20H,1-3H3/b6-4+. The zero-order valence-corrected chi connectivity index (χ0v) is 13.4. The van der Waals surface area contributed by atoms with E-state index in [2.05, 4.69) is 5.32 Å². The van der Waals surface area contributed by atoms with Crippen molar-refractivity contribution in [3.05, 3.63) is 53.8 Å². The number of nitrogens with one attached hydrogen (secondary N) is 1. The molecule has 0 aliphatic rings. The van der Waals surface area contributed by atoms with Crippen molar-refractivity contribution in [1.82, 2.24) is 0 Å². The molecule has 0 amide bonds. The summed E-state index contributed by atoms with van der Waals surface area (Å²) in [4.78, 5) is 0. The number of hydrogen-bond acceptors (Lipinski definition) is 4. The fraction of sp³-hybridized carbons (Fsp3) is 0.158. The number of anilines is 1. The summed E-state index contributed by atoms with van der Waals surface area (Å²) in [5, 5.41) is 4.12. The third kappa shape index (κ3) is 3.16. The van der Waals surface area contributed by atoms with Crippen LogP contribution in [-0.2, 0) is 0 Å². The molecule has 0 aliphatic carbocycles. The highest BCUT2D eigenvalue weighted by Gasteiger charge is 2.04. The maximum atomic E-state index is 5.80. The second kappa shape index (κ2) is 6.48. The number of rotatable bonds is 5. The van der Waals surface area contributed by atoms with Crippen LogP contribution in [0.1, 0.15) is 11.3 Å². The molecule has 3 aromatic rings. The first-order valence-electron chi connectivity index (χ1n) is 7.35. The van der Waals surface area contributed by atoms with Crippen LogP contribution < -0.4 is 14.8 Å². The zero-order chi connectivity index (χ0) is 16.2. The van der Waals surface area contributed by atoms with Crippen molar-refractivity contribution < 1.29 is 13.9 Å². The molecule has 1 heterocycles. The maximum absolute atomic E-state index is 5.80. The lowest BCUT2D eigenvalue weighted by Gasteiger charge is -2.08. The molecule has 0 saturated carbocycles. The highest BCUT2D eigenvalue weighted by Crippen LogP contribution is 2.27. The number of hydrogen-bond donors (Lipinski definition) is 1. The van der Waals surface area contributed by atoms with Crippen LogP contribution >= 0.6 is 0 Å². The minimum absolute atomic E-state index is 0.796. The van der Waals surface area contributed by atoms with E-state index in [4.69, 9.17) is 13.9 Å². The van der Waals surface area contributed by atoms with E-state index in [1.807, 2.05) is 61.7 Å². The quantitative estimate of drug-likeness (QED) is 0.744. The van der Waals surface area contributed by atoms with Crippen molar-refractivity contribution in [2.45, 2.75) is 0 Å².